The zero-order valence-corrected chi connectivity index (χ0v) is 9.41. The highest BCUT2D eigenvalue weighted by Crippen LogP contribution is 2.10. The van der Waals surface area contributed by atoms with Gasteiger partial charge in [0.2, 0.25) is 0 Å². The summed E-state index contributed by atoms with van der Waals surface area (Å²) in [5, 5.41) is 0. The molecule has 1 amide bonds. The van der Waals surface area contributed by atoms with E-state index in [1.807, 2.05) is 0 Å². The minimum atomic E-state index is -1.99. The van der Waals surface area contributed by atoms with Gasteiger partial charge in [-0.3, -0.25) is 15.6 Å². The van der Waals surface area contributed by atoms with Crippen LogP contribution >= 0.6 is 0 Å². The minimum absolute atomic E-state index is 0.0360. The number of carbonyl (C=O) groups excluding carboxylic acids is 1. The lowest BCUT2D eigenvalue weighted by atomic mass is 10.3. The number of anilines is 1. The Morgan fingerprint density at radius 1 is 1.44 bits per heavy atom. The molecule has 1 unspecified atom stereocenters. The highest BCUT2D eigenvalue weighted by Gasteiger charge is 2.01. The average molecular weight is 244 g/mol. The molecule has 0 aliphatic carbocycles. The molecule has 3 N–H and O–H groups in total. The van der Waals surface area contributed by atoms with Crippen molar-refractivity contribution in [1.82, 2.24) is 5.43 Å². The van der Waals surface area contributed by atoms with E-state index < -0.39 is 11.1 Å². The monoisotopic (exact) mass is 244 g/mol. The zero-order valence-electron chi connectivity index (χ0n) is 8.60. The minimum Gasteiger partial charge on any atom is -0.375 e. The van der Waals surface area contributed by atoms with Gasteiger partial charge in [0.25, 0.3) is 5.91 Å². The molecule has 0 fully saturated rings. The van der Waals surface area contributed by atoms with Gasteiger partial charge in [0.05, 0.1) is 10.6 Å². The summed E-state index contributed by atoms with van der Waals surface area (Å²) in [7, 11) is 1.42. The number of nitrogens with one attached hydrogen (secondary N) is 2. The Morgan fingerprint density at radius 3 is 2.56 bits per heavy atom. The molecule has 0 aliphatic heterocycles. The van der Waals surface area contributed by atoms with Gasteiger partial charge in [-0.1, -0.05) is 0 Å². The Kier molecular flexibility index (Phi) is 4.90. The van der Waals surface area contributed by atoms with E-state index >= 15 is 0 Å². The quantitative estimate of drug-likeness (QED) is 0.514. The Morgan fingerprint density at radius 2 is 2.06 bits per heavy atom. The number of hydrogen-bond acceptors (Lipinski definition) is 4. The fourth-order valence-electron chi connectivity index (χ4n) is 0.964. The molecule has 16 heavy (non-hydrogen) atoms. The van der Waals surface area contributed by atoms with Gasteiger partial charge < -0.3 is 9.29 Å². The van der Waals surface area contributed by atoms with Crippen LogP contribution in [0.3, 0.4) is 0 Å². The normalized spacial score (nSPS) is 11.9. The summed E-state index contributed by atoms with van der Waals surface area (Å²) in [5.74, 6) is -0.308. The molecule has 0 heterocycles. The highest BCUT2D eigenvalue weighted by molar-refractivity contribution is 7.79. The number of hydrogen-bond donors (Lipinski definition) is 3. The Hall–Kier alpha value is -1.44. The zero-order chi connectivity index (χ0) is 12.0. The maximum atomic E-state index is 11.0. The smallest absolute Gasteiger partial charge is 0.264 e. The third kappa shape index (κ3) is 3.97. The standard InChI is InChI=1S/C9H12N2O4S/c1-15-6-9(12)11-10-7-2-4-8(5-3-7)16(13)14/h2-5,10H,6H2,1H3,(H,11,12)(H,13,14). The third-order valence-electron chi connectivity index (χ3n) is 1.68. The van der Waals surface area contributed by atoms with E-state index in [0.717, 1.165) is 0 Å². The molecule has 0 aliphatic rings. The summed E-state index contributed by atoms with van der Waals surface area (Å²) in [6, 6.07) is 6.13. The summed E-state index contributed by atoms with van der Waals surface area (Å²) in [4.78, 5) is 11.3. The third-order valence-corrected chi connectivity index (χ3v) is 2.35. The van der Waals surface area contributed by atoms with E-state index in [1.54, 1.807) is 12.1 Å². The SMILES string of the molecule is COCC(=O)NNc1ccc(S(=O)O)cc1. The van der Waals surface area contributed by atoms with Gasteiger partial charge in [0.1, 0.15) is 6.61 Å². The first-order valence-electron chi connectivity index (χ1n) is 4.38. The topological polar surface area (TPSA) is 87.7 Å². The van der Waals surface area contributed by atoms with E-state index in [0.29, 0.717) is 10.6 Å². The fourth-order valence-corrected chi connectivity index (χ4v) is 1.33. The number of rotatable bonds is 5. The van der Waals surface area contributed by atoms with Crippen LogP contribution in [0.4, 0.5) is 5.69 Å². The fraction of sp³-hybridized carbons (Fsp3) is 0.222. The molecule has 88 valence electrons. The van der Waals surface area contributed by atoms with Crippen molar-refractivity contribution in [1.29, 1.82) is 0 Å². The predicted molar refractivity (Wildman–Crippen MR) is 59.1 cm³/mol. The van der Waals surface area contributed by atoms with E-state index in [-0.39, 0.29) is 12.5 Å². The molecule has 7 heteroatoms. The lowest BCUT2D eigenvalue weighted by Gasteiger charge is -2.07. The largest absolute Gasteiger partial charge is 0.375 e. The summed E-state index contributed by atoms with van der Waals surface area (Å²) in [6.45, 7) is -0.0360. The van der Waals surface area contributed by atoms with Gasteiger partial charge >= 0.3 is 0 Å². The van der Waals surface area contributed by atoms with Crippen molar-refractivity contribution in [2.75, 3.05) is 19.1 Å². The second-order valence-corrected chi connectivity index (χ2v) is 3.85. The average Bonchev–Trinajstić information content (AvgIpc) is 2.27. The Bertz CT molecular complexity index is 380. The van der Waals surface area contributed by atoms with Crippen LogP contribution < -0.4 is 10.9 Å². The molecule has 0 spiro atoms. The van der Waals surface area contributed by atoms with Gasteiger partial charge in [-0.25, -0.2) is 4.21 Å². The van der Waals surface area contributed by atoms with Crippen LogP contribution in [0.5, 0.6) is 0 Å². The number of ether oxygens (including phenoxy) is 1. The first-order chi connectivity index (χ1) is 7.63. The van der Waals surface area contributed by atoms with E-state index in [4.69, 9.17) is 4.55 Å². The molecule has 0 saturated carbocycles. The van der Waals surface area contributed by atoms with Crippen molar-refractivity contribution < 1.29 is 18.3 Å². The summed E-state index contributed by atoms with van der Waals surface area (Å²) in [5.41, 5.74) is 5.64. The molecule has 0 aromatic heterocycles. The molecule has 0 bridgehead atoms. The number of amides is 1. The van der Waals surface area contributed by atoms with Gasteiger partial charge in [0, 0.05) is 7.11 Å². The molecule has 1 aromatic carbocycles. The molecule has 0 radical (unpaired) electrons. The van der Waals surface area contributed by atoms with Crippen LogP contribution in [-0.2, 0) is 20.6 Å². The van der Waals surface area contributed by atoms with Gasteiger partial charge in [-0.2, -0.15) is 0 Å². The van der Waals surface area contributed by atoms with Crippen molar-refractivity contribution in [3.05, 3.63) is 24.3 Å². The molecule has 1 aromatic rings. The molecule has 1 rings (SSSR count). The van der Waals surface area contributed by atoms with Crippen LogP contribution in [0.25, 0.3) is 0 Å². The van der Waals surface area contributed by atoms with Crippen LogP contribution in [0, 0.1) is 0 Å². The van der Waals surface area contributed by atoms with E-state index in [1.165, 1.54) is 19.2 Å². The number of methoxy groups -OCH3 is 1. The Balaban J connectivity index is 2.49. The van der Waals surface area contributed by atoms with Crippen molar-refractivity contribution in [3.8, 4) is 0 Å². The summed E-state index contributed by atoms with van der Waals surface area (Å²) in [6.07, 6.45) is 0. The van der Waals surface area contributed by atoms with Crippen molar-refractivity contribution >= 4 is 22.7 Å². The first kappa shape index (κ1) is 12.6. The van der Waals surface area contributed by atoms with Crippen molar-refractivity contribution in [2.45, 2.75) is 4.90 Å². The van der Waals surface area contributed by atoms with Crippen molar-refractivity contribution in [2.24, 2.45) is 0 Å². The van der Waals surface area contributed by atoms with Gasteiger partial charge in [-0.15, -0.1) is 0 Å². The first-order valence-corrected chi connectivity index (χ1v) is 5.49. The second-order valence-electron chi connectivity index (χ2n) is 2.88. The number of benzene rings is 1. The van der Waals surface area contributed by atoms with Gasteiger partial charge in [-0.05, 0) is 24.3 Å². The van der Waals surface area contributed by atoms with Gasteiger partial charge in [0.15, 0.2) is 11.1 Å². The molecule has 0 saturated heterocycles. The summed E-state index contributed by atoms with van der Waals surface area (Å²) >= 11 is -1.99. The molecular formula is C9H12N2O4S. The highest BCUT2D eigenvalue weighted by atomic mass is 32.2. The maximum absolute atomic E-state index is 11.0. The van der Waals surface area contributed by atoms with Crippen LogP contribution in [-0.4, -0.2) is 28.4 Å². The molecular weight excluding hydrogens is 232 g/mol. The number of hydrazine groups is 1. The lowest BCUT2D eigenvalue weighted by Crippen LogP contribution is -2.32. The number of carbonyl (C=O) groups is 1. The van der Waals surface area contributed by atoms with Crippen LogP contribution in [0.15, 0.2) is 29.2 Å². The second kappa shape index (κ2) is 6.21. The maximum Gasteiger partial charge on any atom is 0.264 e. The molecule has 6 nitrogen and oxygen atoms in total. The van der Waals surface area contributed by atoms with E-state index in [2.05, 4.69) is 15.6 Å². The lowest BCUT2D eigenvalue weighted by molar-refractivity contribution is -0.124. The van der Waals surface area contributed by atoms with Crippen molar-refractivity contribution in [3.63, 3.8) is 0 Å². The summed E-state index contributed by atoms with van der Waals surface area (Å²) < 4.78 is 24.1. The Labute approximate surface area is 95.2 Å². The van der Waals surface area contributed by atoms with Crippen LogP contribution in [0.2, 0.25) is 0 Å². The molecule has 1 atom stereocenters. The van der Waals surface area contributed by atoms with E-state index in [9.17, 15) is 9.00 Å². The van der Waals surface area contributed by atoms with Crippen LogP contribution in [0.1, 0.15) is 0 Å². The predicted octanol–water partition coefficient (Wildman–Crippen LogP) is 0.357.